The van der Waals surface area contributed by atoms with Crippen molar-refractivity contribution in [3.63, 3.8) is 0 Å². The number of carbonyl (C=O) groups excluding carboxylic acids is 1. The number of benzene rings is 1. The van der Waals surface area contributed by atoms with Gasteiger partial charge in [0.05, 0.1) is 7.11 Å². The van der Waals surface area contributed by atoms with Gasteiger partial charge in [0.2, 0.25) is 0 Å². The highest BCUT2D eigenvalue weighted by atomic mass is 16.5. The van der Waals surface area contributed by atoms with Gasteiger partial charge in [-0.2, -0.15) is 0 Å². The first-order valence-corrected chi connectivity index (χ1v) is 8.96. The van der Waals surface area contributed by atoms with Crippen LogP contribution in [-0.2, 0) is 4.79 Å². The molecule has 1 aliphatic heterocycles. The van der Waals surface area contributed by atoms with E-state index < -0.39 is 5.54 Å². The maximum Gasteiger partial charge on any atom is 0.258 e. The van der Waals surface area contributed by atoms with Gasteiger partial charge in [-0.05, 0) is 24.5 Å². The fourth-order valence-electron chi connectivity index (χ4n) is 3.90. The molecule has 1 atom stereocenters. The zero-order chi connectivity index (χ0) is 17.9. The van der Waals surface area contributed by atoms with Crippen molar-refractivity contribution < 1.29 is 14.3 Å². The topological polar surface area (TPSA) is 74.7 Å². The molecule has 2 aliphatic rings. The average molecular weight is 345 g/mol. The molecule has 0 spiro atoms. The summed E-state index contributed by atoms with van der Waals surface area (Å²) in [5.74, 6) is 1.81. The van der Waals surface area contributed by atoms with Crippen LogP contribution in [0.1, 0.15) is 38.5 Å². The Labute approximate surface area is 149 Å². The lowest BCUT2D eigenvalue weighted by Crippen LogP contribution is -2.53. The Kier molecular flexibility index (Phi) is 5.16. The number of hydrogen-bond donors (Lipinski definition) is 2. The van der Waals surface area contributed by atoms with Crippen LogP contribution in [0.2, 0.25) is 0 Å². The minimum Gasteiger partial charge on any atom is -0.493 e. The van der Waals surface area contributed by atoms with Gasteiger partial charge in [0, 0.05) is 7.05 Å². The number of methoxy groups -OCH3 is 1. The molecule has 1 amide bonds. The Morgan fingerprint density at radius 1 is 1.24 bits per heavy atom. The predicted molar refractivity (Wildman–Crippen MR) is 96.0 cm³/mol. The van der Waals surface area contributed by atoms with E-state index >= 15 is 0 Å². The van der Waals surface area contributed by atoms with Gasteiger partial charge in [-0.1, -0.05) is 44.2 Å². The molecule has 3 rings (SSSR count). The van der Waals surface area contributed by atoms with Crippen molar-refractivity contribution in [2.45, 2.75) is 44.1 Å². The minimum atomic E-state index is -0.866. The van der Waals surface area contributed by atoms with Crippen molar-refractivity contribution in [1.29, 1.82) is 5.41 Å². The van der Waals surface area contributed by atoms with Gasteiger partial charge in [0.25, 0.3) is 5.91 Å². The summed E-state index contributed by atoms with van der Waals surface area (Å²) in [7, 11) is 3.24. The molecule has 136 valence electrons. The molecule has 1 aromatic rings. The van der Waals surface area contributed by atoms with Gasteiger partial charge in [0.1, 0.15) is 6.61 Å². The summed E-state index contributed by atoms with van der Waals surface area (Å²) in [6.07, 6.45) is 6.70. The molecule has 1 unspecified atom stereocenters. The first-order chi connectivity index (χ1) is 12.1. The van der Waals surface area contributed by atoms with Crippen molar-refractivity contribution in [2.24, 2.45) is 5.92 Å². The molecule has 0 radical (unpaired) electrons. The number of guanidine groups is 1. The van der Waals surface area contributed by atoms with E-state index in [1.165, 1.54) is 24.2 Å². The monoisotopic (exact) mass is 345 g/mol. The number of likely N-dealkylation sites (N-methyl/N-ethyl adjacent to an activating group) is 1. The maximum absolute atomic E-state index is 12.9. The molecule has 1 aliphatic carbocycles. The van der Waals surface area contributed by atoms with Crippen LogP contribution in [0.25, 0.3) is 0 Å². The standard InChI is InChI=1S/C19H27N3O3/c1-22-17(23)19(21-18(22)20,12-14-8-4-3-5-9-14)13-25-16-11-7-6-10-15(16)24-2/h6-7,10-11,14H,3-5,8-9,12-13H2,1-2H3,(H2,20,21). The highest BCUT2D eigenvalue weighted by Crippen LogP contribution is 2.35. The molecule has 2 N–H and O–H groups in total. The molecular formula is C19H27N3O3. The van der Waals surface area contributed by atoms with E-state index in [1.54, 1.807) is 14.2 Å². The largest absolute Gasteiger partial charge is 0.493 e. The van der Waals surface area contributed by atoms with Crippen LogP contribution in [0.4, 0.5) is 0 Å². The fourth-order valence-corrected chi connectivity index (χ4v) is 3.90. The second-order valence-electron chi connectivity index (χ2n) is 7.07. The first kappa shape index (κ1) is 17.6. The van der Waals surface area contributed by atoms with Crippen LogP contribution in [-0.4, -0.2) is 43.1 Å². The van der Waals surface area contributed by atoms with Gasteiger partial charge in [-0.25, -0.2) is 0 Å². The van der Waals surface area contributed by atoms with Crippen molar-refractivity contribution in [2.75, 3.05) is 20.8 Å². The quantitative estimate of drug-likeness (QED) is 0.831. The SMILES string of the molecule is COc1ccccc1OCC1(CC2CCCCC2)NC(=N)N(C)C1=O. The smallest absolute Gasteiger partial charge is 0.258 e. The number of amides is 1. The minimum absolute atomic E-state index is 0.0852. The van der Waals surface area contributed by atoms with Crippen LogP contribution in [0, 0.1) is 11.3 Å². The van der Waals surface area contributed by atoms with E-state index in [0.29, 0.717) is 23.8 Å². The number of para-hydroxylation sites is 2. The van der Waals surface area contributed by atoms with E-state index in [-0.39, 0.29) is 18.5 Å². The molecule has 0 bridgehead atoms. The summed E-state index contributed by atoms with van der Waals surface area (Å²) >= 11 is 0. The number of hydrogen-bond acceptors (Lipinski definition) is 4. The molecule has 6 heteroatoms. The Balaban J connectivity index is 1.79. The van der Waals surface area contributed by atoms with E-state index in [4.69, 9.17) is 14.9 Å². The van der Waals surface area contributed by atoms with Gasteiger partial charge < -0.3 is 14.8 Å². The third kappa shape index (κ3) is 3.57. The number of rotatable bonds is 6. The Hall–Kier alpha value is -2.24. The van der Waals surface area contributed by atoms with Crippen LogP contribution in [0.15, 0.2) is 24.3 Å². The van der Waals surface area contributed by atoms with Crippen molar-refractivity contribution in [3.05, 3.63) is 24.3 Å². The zero-order valence-corrected chi connectivity index (χ0v) is 15.0. The van der Waals surface area contributed by atoms with Gasteiger partial charge in [-0.15, -0.1) is 0 Å². The van der Waals surface area contributed by atoms with Crippen LogP contribution < -0.4 is 14.8 Å². The third-order valence-electron chi connectivity index (χ3n) is 5.31. The van der Waals surface area contributed by atoms with Gasteiger partial charge >= 0.3 is 0 Å². The molecule has 0 aromatic heterocycles. The summed E-state index contributed by atoms with van der Waals surface area (Å²) < 4.78 is 11.3. The molecule has 25 heavy (non-hydrogen) atoms. The van der Waals surface area contributed by atoms with E-state index in [2.05, 4.69) is 5.32 Å². The normalized spacial score (nSPS) is 24.3. The number of carbonyl (C=O) groups is 1. The van der Waals surface area contributed by atoms with Crippen molar-refractivity contribution in [1.82, 2.24) is 10.2 Å². The van der Waals surface area contributed by atoms with Crippen molar-refractivity contribution in [3.8, 4) is 11.5 Å². The first-order valence-electron chi connectivity index (χ1n) is 8.96. The number of nitrogens with one attached hydrogen (secondary N) is 2. The molecule has 1 aromatic carbocycles. The summed E-state index contributed by atoms with van der Waals surface area (Å²) in [5.41, 5.74) is -0.866. The average Bonchev–Trinajstić information content (AvgIpc) is 2.85. The van der Waals surface area contributed by atoms with Crippen molar-refractivity contribution >= 4 is 11.9 Å². The number of ether oxygens (including phenoxy) is 2. The van der Waals surface area contributed by atoms with E-state index in [9.17, 15) is 4.79 Å². The maximum atomic E-state index is 12.9. The van der Waals surface area contributed by atoms with Gasteiger partial charge in [0.15, 0.2) is 23.0 Å². The van der Waals surface area contributed by atoms with Crippen LogP contribution in [0.3, 0.4) is 0 Å². The second kappa shape index (κ2) is 7.33. The lowest BCUT2D eigenvalue weighted by molar-refractivity contribution is -0.132. The lowest BCUT2D eigenvalue weighted by atomic mass is 9.79. The summed E-state index contributed by atoms with van der Waals surface area (Å²) in [6.45, 7) is 0.190. The lowest BCUT2D eigenvalue weighted by Gasteiger charge is -2.32. The summed E-state index contributed by atoms with van der Waals surface area (Å²) in [6, 6.07) is 7.43. The van der Waals surface area contributed by atoms with Gasteiger partial charge in [-0.3, -0.25) is 15.1 Å². The molecule has 1 heterocycles. The zero-order valence-electron chi connectivity index (χ0n) is 15.0. The van der Waals surface area contributed by atoms with Crippen LogP contribution in [0.5, 0.6) is 11.5 Å². The second-order valence-corrected chi connectivity index (χ2v) is 7.07. The van der Waals surface area contributed by atoms with E-state index in [0.717, 1.165) is 12.8 Å². The summed E-state index contributed by atoms with van der Waals surface area (Å²) in [5, 5.41) is 11.1. The highest BCUT2D eigenvalue weighted by molar-refractivity contribution is 6.07. The Bertz CT molecular complexity index is 643. The Morgan fingerprint density at radius 2 is 1.92 bits per heavy atom. The molecule has 1 saturated heterocycles. The Morgan fingerprint density at radius 3 is 2.52 bits per heavy atom. The molecular weight excluding hydrogens is 318 g/mol. The highest BCUT2D eigenvalue weighted by Gasteiger charge is 2.50. The molecule has 6 nitrogen and oxygen atoms in total. The molecule has 1 saturated carbocycles. The van der Waals surface area contributed by atoms with Crippen LogP contribution >= 0.6 is 0 Å². The predicted octanol–water partition coefficient (Wildman–Crippen LogP) is 2.78. The third-order valence-corrected chi connectivity index (χ3v) is 5.31. The fraction of sp³-hybridized carbons (Fsp3) is 0.579. The summed E-state index contributed by atoms with van der Waals surface area (Å²) in [4.78, 5) is 14.3. The molecule has 2 fully saturated rings. The number of nitrogens with zero attached hydrogens (tertiary/aromatic N) is 1. The van der Waals surface area contributed by atoms with E-state index in [1.807, 2.05) is 24.3 Å².